The molecule has 12 aromatic rings. The Labute approximate surface area is 320 Å². The van der Waals surface area contributed by atoms with Crippen molar-refractivity contribution in [3.63, 3.8) is 0 Å². The van der Waals surface area contributed by atoms with Gasteiger partial charge in [0.2, 0.25) is 0 Å². The van der Waals surface area contributed by atoms with Crippen molar-refractivity contribution in [2.24, 2.45) is 0 Å². The highest BCUT2D eigenvalue weighted by atomic mass is 16.3. The van der Waals surface area contributed by atoms with E-state index in [0.717, 1.165) is 104 Å². The number of para-hydroxylation sites is 2. The van der Waals surface area contributed by atoms with Crippen LogP contribution in [0.25, 0.3) is 121 Å². The lowest BCUT2D eigenvalue weighted by molar-refractivity contribution is 0.669. The van der Waals surface area contributed by atoms with E-state index in [2.05, 4.69) is 127 Å². The molecule has 0 spiro atoms. The number of hydrogen-bond donors (Lipinski definition) is 0. The molecule has 0 saturated heterocycles. The topological polar surface area (TPSA) is 65.0 Å². The molecule has 0 radical (unpaired) electrons. The van der Waals surface area contributed by atoms with Crippen molar-refractivity contribution >= 4 is 76.2 Å². The minimum absolute atomic E-state index is 0.578. The summed E-state index contributed by atoms with van der Waals surface area (Å²) in [5, 5.41) is 10.8. The first-order valence-corrected chi connectivity index (χ1v) is 18.8. The van der Waals surface area contributed by atoms with Crippen molar-refractivity contribution in [3.05, 3.63) is 176 Å². The van der Waals surface area contributed by atoms with Crippen LogP contribution in [0.1, 0.15) is 0 Å². The van der Waals surface area contributed by atoms with Gasteiger partial charge in [0.1, 0.15) is 22.3 Å². The number of benzene rings is 9. The van der Waals surface area contributed by atoms with Gasteiger partial charge < -0.3 is 8.83 Å². The zero-order chi connectivity index (χ0) is 36.7. The van der Waals surface area contributed by atoms with Gasteiger partial charge in [-0.3, -0.25) is 0 Å². The molecule has 56 heavy (non-hydrogen) atoms. The van der Waals surface area contributed by atoms with E-state index >= 15 is 0 Å². The lowest BCUT2D eigenvalue weighted by Gasteiger charge is -2.13. The van der Waals surface area contributed by atoms with Crippen LogP contribution in [0.4, 0.5) is 0 Å². The first kappa shape index (κ1) is 30.8. The van der Waals surface area contributed by atoms with Gasteiger partial charge in [-0.05, 0) is 74.5 Å². The van der Waals surface area contributed by atoms with E-state index in [4.69, 9.17) is 23.8 Å². The molecule has 0 saturated carbocycles. The van der Waals surface area contributed by atoms with Crippen molar-refractivity contribution in [2.75, 3.05) is 0 Å². The van der Waals surface area contributed by atoms with Gasteiger partial charge in [0.25, 0.3) is 0 Å². The van der Waals surface area contributed by atoms with E-state index in [1.807, 2.05) is 48.5 Å². The van der Waals surface area contributed by atoms with Gasteiger partial charge in [-0.15, -0.1) is 0 Å². The molecule has 3 aromatic heterocycles. The fourth-order valence-electron chi connectivity index (χ4n) is 8.54. The zero-order valence-electron chi connectivity index (χ0n) is 29.9. The van der Waals surface area contributed by atoms with Crippen LogP contribution in [0.5, 0.6) is 0 Å². The van der Waals surface area contributed by atoms with Gasteiger partial charge in [0.05, 0.1) is 0 Å². The maximum absolute atomic E-state index is 6.58. The lowest BCUT2D eigenvalue weighted by Crippen LogP contribution is -2.01. The van der Waals surface area contributed by atoms with Crippen LogP contribution in [0.15, 0.2) is 185 Å². The average Bonchev–Trinajstić information content (AvgIpc) is 3.86. The molecule has 0 unspecified atom stereocenters. The molecule has 12 rings (SSSR count). The number of fused-ring (bicyclic) bond motifs is 12. The Morgan fingerprint density at radius 1 is 0.304 bits per heavy atom. The van der Waals surface area contributed by atoms with E-state index in [1.165, 1.54) is 0 Å². The van der Waals surface area contributed by atoms with Crippen LogP contribution < -0.4 is 0 Å². The van der Waals surface area contributed by atoms with Crippen molar-refractivity contribution < 1.29 is 8.83 Å². The highest BCUT2D eigenvalue weighted by Gasteiger charge is 2.21. The molecule has 3 heterocycles. The van der Waals surface area contributed by atoms with Crippen LogP contribution in [0.2, 0.25) is 0 Å². The smallest absolute Gasteiger partial charge is 0.164 e. The maximum atomic E-state index is 6.58. The minimum Gasteiger partial charge on any atom is -0.456 e. The SMILES string of the molecule is c1ccc(-c2cc(-c3nc(-c4ccc5c6ccccc6c6oc7ccccc7c6c5c4)nc(-c4cccc5oc6ccccc6c45)n3)c3ccccc3c2)cc1. The van der Waals surface area contributed by atoms with Crippen LogP contribution in [-0.4, -0.2) is 15.0 Å². The summed E-state index contributed by atoms with van der Waals surface area (Å²) in [6.07, 6.45) is 0. The van der Waals surface area contributed by atoms with Gasteiger partial charge in [0.15, 0.2) is 17.5 Å². The van der Waals surface area contributed by atoms with Crippen LogP contribution >= 0.6 is 0 Å². The van der Waals surface area contributed by atoms with Gasteiger partial charge in [-0.1, -0.05) is 140 Å². The van der Waals surface area contributed by atoms with Gasteiger partial charge in [-0.2, -0.15) is 0 Å². The molecule has 0 amide bonds. The van der Waals surface area contributed by atoms with Gasteiger partial charge in [0, 0.05) is 43.6 Å². The third-order valence-electron chi connectivity index (χ3n) is 11.1. The number of aromatic nitrogens is 3. The first-order valence-electron chi connectivity index (χ1n) is 18.8. The second kappa shape index (κ2) is 11.9. The Morgan fingerprint density at radius 2 is 0.911 bits per heavy atom. The Balaban J connectivity index is 1.17. The molecule has 0 aliphatic carbocycles. The fourth-order valence-corrected chi connectivity index (χ4v) is 8.54. The molecule has 0 N–H and O–H groups in total. The molecule has 0 bridgehead atoms. The zero-order valence-corrected chi connectivity index (χ0v) is 29.9. The van der Waals surface area contributed by atoms with Crippen molar-refractivity contribution in [3.8, 4) is 45.3 Å². The molecular formula is C51H29N3O2. The molecule has 0 fully saturated rings. The van der Waals surface area contributed by atoms with Crippen molar-refractivity contribution in [2.45, 2.75) is 0 Å². The summed E-state index contributed by atoms with van der Waals surface area (Å²) in [4.78, 5) is 16.0. The van der Waals surface area contributed by atoms with Gasteiger partial charge >= 0.3 is 0 Å². The standard InChI is InChI=1S/C51H29N3O2/c1-2-13-30(14-3-1)33-27-31-15-4-5-16-34(31)42(29-33)51-53-49(52-50(54-51)40-21-12-24-45-46(40)38-19-8-10-22-43(38)55-45)32-25-26-36-35-17-6-7-18-37(35)48-47(41(36)28-32)39-20-9-11-23-44(39)56-48/h1-29H. The lowest BCUT2D eigenvalue weighted by atomic mass is 9.95. The van der Waals surface area contributed by atoms with Crippen molar-refractivity contribution in [1.29, 1.82) is 0 Å². The summed E-state index contributed by atoms with van der Waals surface area (Å²) in [5.41, 5.74) is 8.28. The van der Waals surface area contributed by atoms with Crippen LogP contribution in [-0.2, 0) is 0 Å². The third-order valence-corrected chi connectivity index (χ3v) is 11.1. The number of furan rings is 2. The normalized spacial score (nSPS) is 11.9. The van der Waals surface area contributed by atoms with Gasteiger partial charge in [-0.25, -0.2) is 15.0 Å². The molecule has 0 aliphatic rings. The van der Waals surface area contributed by atoms with Crippen molar-refractivity contribution in [1.82, 2.24) is 15.0 Å². The molecule has 0 aliphatic heterocycles. The van der Waals surface area contributed by atoms with E-state index in [0.29, 0.717) is 17.5 Å². The predicted octanol–water partition coefficient (Wildman–Crippen LogP) is 13.8. The van der Waals surface area contributed by atoms with E-state index in [-0.39, 0.29) is 0 Å². The minimum atomic E-state index is 0.578. The number of hydrogen-bond acceptors (Lipinski definition) is 5. The Bertz CT molecular complexity index is 3550. The molecule has 5 nitrogen and oxygen atoms in total. The Morgan fingerprint density at radius 3 is 1.73 bits per heavy atom. The summed E-state index contributed by atoms with van der Waals surface area (Å²) >= 11 is 0. The highest BCUT2D eigenvalue weighted by molar-refractivity contribution is 6.30. The molecule has 5 heteroatoms. The van der Waals surface area contributed by atoms with E-state index in [1.54, 1.807) is 0 Å². The largest absolute Gasteiger partial charge is 0.456 e. The summed E-state index contributed by atoms with van der Waals surface area (Å²) in [6, 6.07) is 60.9. The summed E-state index contributed by atoms with van der Waals surface area (Å²) < 4.78 is 12.9. The molecule has 0 atom stereocenters. The number of nitrogens with zero attached hydrogens (tertiary/aromatic N) is 3. The van der Waals surface area contributed by atoms with E-state index in [9.17, 15) is 0 Å². The first-order chi connectivity index (χ1) is 27.7. The second-order valence-electron chi connectivity index (χ2n) is 14.3. The van der Waals surface area contributed by atoms with E-state index < -0.39 is 0 Å². The Kier molecular flexibility index (Phi) is 6.56. The fraction of sp³-hybridized carbons (Fsp3) is 0. The molecule has 9 aromatic carbocycles. The summed E-state index contributed by atoms with van der Waals surface area (Å²) in [7, 11) is 0. The number of rotatable bonds is 4. The summed E-state index contributed by atoms with van der Waals surface area (Å²) in [6.45, 7) is 0. The third kappa shape index (κ3) is 4.64. The average molecular weight is 716 g/mol. The quantitative estimate of drug-likeness (QED) is 0.170. The molecule has 260 valence electrons. The predicted molar refractivity (Wildman–Crippen MR) is 229 cm³/mol. The van der Waals surface area contributed by atoms with Crippen LogP contribution in [0.3, 0.4) is 0 Å². The molecular weight excluding hydrogens is 687 g/mol. The summed E-state index contributed by atoms with van der Waals surface area (Å²) in [5.74, 6) is 1.76. The Hall–Kier alpha value is -7.63. The second-order valence-corrected chi connectivity index (χ2v) is 14.3. The highest BCUT2D eigenvalue weighted by Crippen LogP contribution is 2.43. The monoisotopic (exact) mass is 715 g/mol. The maximum Gasteiger partial charge on any atom is 0.164 e. The van der Waals surface area contributed by atoms with Crippen LogP contribution in [0, 0.1) is 0 Å².